The standard InChI is InChI=1S/C14H12FN3/c1-3-12-9(2)17-14(18-13(12)8-16)10-4-6-11(15)7-5-10/h4-7H,3H2,1-2H3. The largest absolute Gasteiger partial charge is 0.233 e. The van der Waals surface area contributed by atoms with Gasteiger partial charge in [0.2, 0.25) is 0 Å². The number of benzene rings is 1. The minimum absolute atomic E-state index is 0.304. The second-order valence-corrected chi connectivity index (χ2v) is 3.93. The molecule has 0 aliphatic rings. The Morgan fingerprint density at radius 3 is 2.44 bits per heavy atom. The van der Waals surface area contributed by atoms with Gasteiger partial charge in [0, 0.05) is 16.8 Å². The molecule has 0 N–H and O–H groups in total. The van der Waals surface area contributed by atoms with E-state index >= 15 is 0 Å². The molecule has 2 rings (SSSR count). The van der Waals surface area contributed by atoms with Crippen molar-refractivity contribution in [2.75, 3.05) is 0 Å². The maximum absolute atomic E-state index is 12.9. The minimum Gasteiger partial charge on any atom is -0.233 e. The summed E-state index contributed by atoms with van der Waals surface area (Å²) in [6.45, 7) is 3.82. The molecule has 0 amide bonds. The lowest BCUT2D eigenvalue weighted by Gasteiger charge is -2.07. The zero-order valence-corrected chi connectivity index (χ0v) is 10.2. The fraction of sp³-hybridized carbons (Fsp3) is 0.214. The fourth-order valence-corrected chi connectivity index (χ4v) is 1.84. The topological polar surface area (TPSA) is 49.6 Å². The molecule has 18 heavy (non-hydrogen) atoms. The summed E-state index contributed by atoms with van der Waals surface area (Å²) in [4.78, 5) is 8.60. The van der Waals surface area contributed by atoms with Crippen LogP contribution in [0.15, 0.2) is 24.3 Å². The number of aryl methyl sites for hydroxylation is 1. The normalized spacial score (nSPS) is 10.1. The molecule has 1 aromatic heterocycles. The lowest BCUT2D eigenvalue weighted by atomic mass is 10.1. The quantitative estimate of drug-likeness (QED) is 0.812. The van der Waals surface area contributed by atoms with Crippen molar-refractivity contribution in [1.29, 1.82) is 5.26 Å². The van der Waals surface area contributed by atoms with Gasteiger partial charge in [-0.05, 0) is 37.6 Å². The second kappa shape index (κ2) is 4.92. The number of nitrogens with zero attached hydrogens (tertiary/aromatic N) is 3. The summed E-state index contributed by atoms with van der Waals surface area (Å²) >= 11 is 0. The average molecular weight is 241 g/mol. The predicted molar refractivity (Wildman–Crippen MR) is 66.3 cm³/mol. The van der Waals surface area contributed by atoms with Crippen molar-refractivity contribution in [3.8, 4) is 17.5 Å². The predicted octanol–water partition coefficient (Wildman–Crippen LogP) is 3.03. The van der Waals surface area contributed by atoms with E-state index in [9.17, 15) is 4.39 Å². The van der Waals surface area contributed by atoms with Crippen molar-refractivity contribution >= 4 is 0 Å². The highest BCUT2D eigenvalue weighted by Gasteiger charge is 2.11. The van der Waals surface area contributed by atoms with Gasteiger partial charge >= 0.3 is 0 Å². The van der Waals surface area contributed by atoms with Crippen LogP contribution in [0.5, 0.6) is 0 Å². The van der Waals surface area contributed by atoms with Gasteiger partial charge in [-0.2, -0.15) is 5.26 Å². The maximum atomic E-state index is 12.9. The van der Waals surface area contributed by atoms with Crippen LogP contribution in [0.25, 0.3) is 11.4 Å². The van der Waals surface area contributed by atoms with Crippen LogP contribution in [-0.4, -0.2) is 9.97 Å². The Morgan fingerprint density at radius 1 is 1.22 bits per heavy atom. The molecule has 3 nitrogen and oxygen atoms in total. The molecule has 1 aromatic carbocycles. The van der Waals surface area contributed by atoms with Crippen molar-refractivity contribution in [1.82, 2.24) is 9.97 Å². The molecule has 0 radical (unpaired) electrons. The molecule has 0 unspecified atom stereocenters. The van der Waals surface area contributed by atoms with Crippen molar-refractivity contribution < 1.29 is 4.39 Å². The van der Waals surface area contributed by atoms with E-state index < -0.39 is 0 Å². The molecular weight excluding hydrogens is 229 g/mol. The summed E-state index contributed by atoms with van der Waals surface area (Å²) in [5, 5.41) is 9.09. The molecule has 0 saturated carbocycles. The van der Waals surface area contributed by atoms with Crippen molar-refractivity contribution in [3.05, 3.63) is 47.0 Å². The van der Waals surface area contributed by atoms with E-state index in [1.807, 2.05) is 13.8 Å². The summed E-state index contributed by atoms with van der Waals surface area (Å²) < 4.78 is 12.9. The smallest absolute Gasteiger partial charge is 0.160 e. The Balaban J connectivity index is 2.57. The van der Waals surface area contributed by atoms with Crippen LogP contribution in [-0.2, 0) is 6.42 Å². The first-order valence-electron chi connectivity index (χ1n) is 5.69. The van der Waals surface area contributed by atoms with Gasteiger partial charge in [-0.15, -0.1) is 0 Å². The van der Waals surface area contributed by atoms with Gasteiger partial charge in [-0.25, -0.2) is 14.4 Å². The zero-order chi connectivity index (χ0) is 13.1. The van der Waals surface area contributed by atoms with E-state index in [4.69, 9.17) is 5.26 Å². The van der Waals surface area contributed by atoms with Gasteiger partial charge in [0.1, 0.15) is 17.6 Å². The van der Waals surface area contributed by atoms with Crippen molar-refractivity contribution in [2.24, 2.45) is 0 Å². The first-order valence-corrected chi connectivity index (χ1v) is 5.69. The van der Waals surface area contributed by atoms with Gasteiger partial charge in [-0.3, -0.25) is 0 Å². The third kappa shape index (κ3) is 2.21. The van der Waals surface area contributed by atoms with Gasteiger partial charge in [0.15, 0.2) is 5.82 Å². The number of hydrogen-bond acceptors (Lipinski definition) is 3. The highest BCUT2D eigenvalue weighted by Crippen LogP contribution is 2.19. The number of nitriles is 1. The number of hydrogen-bond donors (Lipinski definition) is 0. The van der Waals surface area contributed by atoms with E-state index in [0.717, 1.165) is 17.7 Å². The molecular formula is C14H12FN3. The third-order valence-corrected chi connectivity index (χ3v) is 2.78. The van der Waals surface area contributed by atoms with Gasteiger partial charge in [-0.1, -0.05) is 6.92 Å². The highest BCUT2D eigenvalue weighted by atomic mass is 19.1. The van der Waals surface area contributed by atoms with E-state index in [-0.39, 0.29) is 5.82 Å². The molecule has 0 saturated heterocycles. The highest BCUT2D eigenvalue weighted by molar-refractivity contribution is 5.56. The number of halogens is 1. The Morgan fingerprint density at radius 2 is 1.89 bits per heavy atom. The van der Waals surface area contributed by atoms with E-state index in [0.29, 0.717) is 17.1 Å². The summed E-state index contributed by atoms with van der Waals surface area (Å²) in [6, 6.07) is 8.01. The summed E-state index contributed by atoms with van der Waals surface area (Å²) in [7, 11) is 0. The molecule has 90 valence electrons. The Kier molecular flexibility index (Phi) is 3.33. The van der Waals surface area contributed by atoms with E-state index in [1.54, 1.807) is 12.1 Å². The van der Waals surface area contributed by atoms with E-state index in [2.05, 4.69) is 16.0 Å². The van der Waals surface area contributed by atoms with Gasteiger partial charge in [0.25, 0.3) is 0 Å². The molecule has 0 spiro atoms. The Hall–Kier alpha value is -2.28. The lowest BCUT2D eigenvalue weighted by Crippen LogP contribution is -2.02. The zero-order valence-electron chi connectivity index (χ0n) is 10.2. The summed E-state index contributed by atoms with van der Waals surface area (Å²) in [5.41, 5.74) is 2.76. The van der Waals surface area contributed by atoms with Crippen LogP contribution in [0.1, 0.15) is 23.9 Å². The van der Waals surface area contributed by atoms with Crippen LogP contribution >= 0.6 is 0 Å². The second-order valence-electron chi connectivity index (χ2n) is 3.93. The molecule has 0 fully saturated rings. The summed E-state index contributed by atoms with van der Waals surface area (Å²) in [6.07, 6.45) is 0.721. The first-order chi connectivity index (χ1) is 8.65. The first kappa shape index (κ1) is 12.2. The maximum Gasteiger partial charge on any atom is 0.160 e. The number of aromatic nitrogens is 2. The average Bonchev–Trinajstić information content (AvgIpc) is 2.38. The van der Waals surface area contributed by atoms with Crippen molar-refractivity contribution in [2.45, 2.75) is 20.3 Å². The molecule has 0 atom stereocenters. The molecule has 4 heteroatoms. The SMILES string of the molecule is CCc1c(C)nc(-c2ccc(F)cc2)nc1C#N. The minimum atomic E-state index is -0.304. The molecule has 0 aliphatic carbocycles. The van der Waals surface area contributed by atoms with Gasteiger partial charge in [0.05, 0.1) is 0 Å². The third-order valence-electron chi connectivity index (χ3n) is 2.78. The lowest BCUT2D eigenvalue weighted by molar-refractivity contribution is 0.628. The van der Waals surface area contributed by atoms with Crippen LogP contribution in [0.3, 0.4) is 0 Å². The van der Waals surface area contributed by atoms with Crippen LogP contribution in [0.4, 0.5) is 4.39 Å². The van der Waals surface area contributed by atoms with Gasteiger partial charge < -0.3 is 0 Å². The monoisotopic (exact) mass is 241 g/mol. The number of rotatable bonds is 2. The molecule has 0 aliphatic heterocycles. The fourth-order valence-electron chi connectivity index (χ4n) is 1.84. The Bertz CT molecular complexity index is 612. The van der Waals surface area contributed by atoms with Crippen LogP contribution in [0.2, 0.25) is 0 Å². The molecule has 2 aromatic rings. The summed E-state index contributed by atoms with van der Waals surface area (Å²) in [5.74, 6) is 0.155. The van der Waals surface area contributed by atoms with E-state index in [1.165, 1.54) is 12.1 Å². The molecule has 0 bridgehead atoms. The van der Waals surface area contributed by atoms with Crippen molar-refractivity contribution in [3.63, 3.8) is 0 Å². The van der Waals surface area contributed by atoms with Crippen LogP contribution in [0, 0.1) is 24.1 Å². The molecule has 1 heterocycles. The van der Waals surface area contributed by atoms with Crippen LogP contribution < -0.4 is 0 Å². The Labute approximate surface area is 105 Å².